The van der Waals surface area contributed by atoms with Crippen LogP contribution in [0.3, 0.4) is 0 Å². The van der Waals surface area contributed by atoms with Crippen LogP contribution in [0.4, 0.5) is 0 Å². The molecule has 0 radical (unpaired) electrons. The van der Waals surface area contributed by atoms with Gasteiger partial charge in [0, 0.05) is 44.6 Å². The maximum Gasteiger partial charge on any atom is 0.243 e. The number of hydrogen-bond donors (Lipinski definition) is 0. The lowest BCUT2D eigenvalue weighted by molar-refractivity contribution is -0.129. The third-order valence-electron chi connectivity index (χ3n) is 4.61. The summed E-state index contributed by atoms with van der Waals surface area (Å²) in [6.07, 6.45) is 3.25. The van der Waals surface area contributed by atoms with Crippen LogP contribution < -0.4 is 9.47 Å². The van der Waals surface area contributed by atoms with Crippen LogP contribution in [-0.4, -0.2) is 78.6 Å². The van der Waals surface area contributed by atoms with Crippen LogP contribution >= 0.6 is 11.8 Å². The lowest BCUT2D eigenvalue weighted by Crippen LogP contribution is -2.51. The predicted octanol–water partition coefficient (Wildman–Crippen LogP) is 0.873. The average molecular weight is 437 g/mol. The number of ether oxygens (including phenoxy) is 2. The highest BCUT2D eigenvalue weighted by Gasteiger charge is 2.31. The summed E-state index contributed by atoms with van der Waals surface area (Å²) in [6, 6.07) is 6.35. The Morgan fingerprint density at radius 2 is 1.72 bits per heavy atom. The number of nitrogens with zero attached hydrogens (tertiary/aromatic N) is 4. The number of carbonyl (C=O) groups excluding carboxylic acids is 1. The number of amides is 1. The first-order chi connectivity index (χ1) is 14.0. The predicted molar refractivity (Wildman–Crippen MR) is 106 cm³/mol. The van der Waals surface area contributed by atoms with Crippen molar-refractivity contribution in [1.82, 2.24) is 19.2 Å². The number of carbonyl (C=O) groups is 1. The van der Waals surface area contributed by atoms with E-state index in [-0.39, 0.29) is 29.6 Å². The van der Waals surface area contributed by atoms with Crippen LogP contribution in [0.1, 0.15) is 0 Å². The number of sulfonamides is 1. The zero-order valence-corrected chi connectivity index (χ0v) is 17.2. The second kappa shape index (κ2) is 8.56. The summed E-state index contributed by atoms with van der Waals surface area (Å²) in [6.45, 7) is 2.02. The molecule has 0 saturated carbocycles. The van der Waals surface area contributed by atoms with E-state index in [1.807, 2.05) is 0 Å². The Kier molecular flexibility index (Phi) is 5.88. The smallest absolute Gasteiger partial charge is 0.243 e. The number of hydrogen-bond acceptors (Lipinski definition) is 8. The molecular formula is C18H20N4O5S2. The van der Waals surface area contributed by atoms with E-state index in [9.17, 15) is 13.2 Å². The molecule has 0 aliphatic carbocycles. The molecule has 2 aliphatic heterocycles. The normalized spacial score (nSPS) is 17.2. The fraction of sp³-hybridized carbons (Fsp3) is 0.389. The number of aromatic nitrogens is 2. The second-order valence-electron chi connectivity index (χ2n) is 6.41. The third-order valence-corrected chi connectivity index (χ3v) is 7.36. The van der Waals surface area contributed by atoms with Gasteiger partial charge in [-0.1, -0.05) is 11.8 Å². The molecule has 9 nitrogen and oxygen atoms in total. The van der Waals surface area contributed by atoms with Gasteiger partial charge >= 0.3 is 0 Å². The van der Waals surface area contributed by atoms with Gasteiger partial charge in [-0.2, -0.15) is 4.31 Å². The monoisotopic (exact) mass is 436 g/mol. The zero-order valence-electron chi connectivity index (χ0n) is 15.6. The summed E-state index contributed by atoms with van der Waals surface area (Å²) in [5.74, 6) is 1.15. The summed E-state index contributed by atoms with van der Waals surface area (Å²) < 4.78 is 38.3. The first-order valence-electron chi connectivity index (χ1n) is 9.11. The topological polar surface area (TPSA) is 102 Å². The minimum Gasteiger partial charge on any atom is -0.486 e. The summed E-state index contributed by atoms with van der Waals surface area (Å²) in [4.78, 5) is 22.4. The van der Waals surface area contributed by atoms with Gasteiger partial charge in [-0.25, -0.2) is 18.4 Å². The molecule has 0 atom stereocenters. The van der Waals surface area contributed by atoms with Crippen molar-refractivity contribution >= 4 is 27.7 Å². The minimum atomic E-state index is -3.67. The van der Waals surface area contributed by atoms with Gasteiger partial charge in [0.2, 0.25) is 15.9 Å². The summed E-state index contributed by atoms with van der Waals surface area (Å²) in [5.41, 5.74) is 0. The van der Waals surface area contributed by atoms with Gasteiger partial charge in [-0.05, 0) is 18.2 Å². The molecular weight excluding hydrogens is 416 g/mol. The van der Waals surface area contributed by atoms with E-state index in [0.717, 1.165) is 0 Å². The molecule has 3 heterocycles. The molecule has 4 rings (SSSR count). The highest BCUT2D eigenvalue weighted by atomic mass is 32.2. The van der Waals surface area contributed by atoms with Crippen molar-refractivity contribution in [2.75, 3.05) is 45.1 Å². The van der Waals surface area contributed by atoms with E-state index in [0.29, 0.717) is 43.0 Å². The van der Waals surface area contributed by atoms with E-state index < -0.39 is 10.0 Å². The van der Waals surface area contributed by atoms with Crippen LogP contribution in [0, 0.1) is 0 Å². The molecule has 1 saturated heterocycles. The molecule has 29 heavy (non-hydrogen) atoms. The molecule has 11 heteroatoms. The molecule has 2 aromatic rings. The molecule has 1 aromatic heterocycles. The maximum atomic E-state index is 13.0. The Hall–Kier alpha value is -2.37. The molecule has 1 amide bonds. The van der Waals surface area contributed by atoms with Gasteiger partial charge in [0.15, 0.2) is 16.7 Å². The van der Waals surface area contributed by atoms with Crippen LogP contribution in [0.5, 0.6) is 11.5 Å². The molecule has 154 valence electrons. The van der Waals surface area contributed by atoms with Crippen molar-refractivity contribution in [3.8, 4) is 11.5 Å². The van der Waals surface area contributed by atoms with E-state index in [1.54, 1.807) is 29.4 Å². The summed E-state index contributed by atoms with van der Waals surface area (Å²) in [7, 11) is -3.67. The second-order valence-corrected chi connectivity index (χ2v) is 9.29. The van der Waals surface area contributed by atoms with Gasteiger partial charge in [-0.3, -0.25) is 4.79 Å². The van der Waals surface area contributed by atoms with Gasteiger partial charge in [0.05, 0.1) is 10.6 Å². The van der Waals surface area contributed by atoms with Gasteiger partial charge in [0.1, 0.15) is 13.2 Å². The van der Waals surface area contributed by atoms with E-state index in [4.69, 9.17) is 9.47 Å². The van der Waals surface area contributed by atoms with Gasteiger partial charge in [-0.15, -0.1) is 0 Å². The number of piperazine rings is 1. The van der Waals surface area contributed by atoms with E-state index in [2.05, 4.69) is 9.97 Å². The van der Waals surface area contributed by atoms with Crippen molar-refractivity contribution < 1.29 is 22.7 Å². The fourth-order valence-corrected chi connectivity index (χ4v) is 5.23. The lowest BCUT2D eigenvalue weighted by Gasteiger charge is -2.34. The molecule has 0 spiro atoms. The van der Waals surface area contributed by atoms with E-state index in [1.165, 1.54) is 28.2 Å². The molecule has 0 N–H and O–H groups in total. The van der Waals surface area contributed by atoms with Gasteiger partial charge < -0.3 is 14.4 Å². The standard InChI is InChI=1S/C18H20N4O5S2/c23-17(13-28-18-19-4-1-5-20-18)21-6-8-22(9-7-21)29(24,25)14-2-3-15-16(12-14)27-11-10-26-15/h1-5,12H,6-11,13H2. The van der Waals surface area contributed by atoms with E-state index >= 15 is 0 Å². The van der Waals surface area contributed by atoms with Crippen molar-refractivity contribution in [3.05, 3.63) is 36.7 Å². The SMILES string of the molecule is O=C(CSc1ncccn1)N1CCN(S(=O)(=O)c2ccc3c(c2)OCCO3)CC1. The van der Waals surface area contributed by atoms with Crippen LogP contribution in [0.15, 0.2) is 46.7 Å². The maximum absolute atomic E-state index is 13.0. The van der Waals surface area contributed by atoms with Crippen molar-refractivity contribution in [1.29, 1.82) is 0 Å². The average Bonchev–Trinajstić information content (AvgIpc) is 2.78. The highest BCUT2D eigenvalue weighted by molar-refractivity contribution is 7.99. The molecule has 0 bridgehead atoms. The molecule has 0 unspecified atom stereocenters. The molecule has 2 aliphatic rings. The Morgan fingerprint density at radius 1 is 1.03 bits per heavy atom. The Balaban J connectivity index is 1.35. The number of thioether (sulfide) groups is 1. The summed E-state index contributed by atoms with van der Waals surface area (Å²) in [5, 5.41) is 0.542. The Morgan fingerprint density at radius 3 is 2.45 bits per heavy atom. The van der Waals surface area contributed by atoms with Crippen molar-refractivity contribution in [2.45, 2.75) is 10.1 Å². The number of benzene rings is 1. The largest absolute Gasteiger partial charge is 0.486 e. The molecule has 1 fully saturated rings. The van der Waals surface area contributed by atoms with Crippen LogP contribution in [0.25, 0.3) is 0 Å². The first-order valence-corrected chi connectivity index (χ1v) is 11.5. The zero-order chi connectivity index (χ0) is 20.3. The molecule has 1 aromatic carbocycles. The lowest BCUT2D eigenvalue weighted by atomic mass is 10.3. The Bertz CT molecular complexity index is 979. The Labute approximate surface area is 173 Å². The number of rotatable bonds is 5. The van der Waals surface area contributed by atoms with Gasteiger partial charge in [0.25, 0.3) is 0 Å². The summed E-state index contributed by atoms with van der Waals surface area (Å²) >= 11 is 1.27. The van der Waals surface area contributed by atoms with Crippen LogP contribution in [-0.2, 0) is 14.8 Å². The van der Waals surface area contributed by atoms with Crippen molar-refractivity contribution in [3.63, 3.8) is 0 Å². The quantitative estimate of drug-likeness (QED) is 0.503. The van der Waals surface area contributed by atoms with Crippen LogP contribution in [0.2, 0.25) is 0 Å². The third kappa shape index (κ3) is 4.46. The fourth-order valence-electron chi connectivity index (χ4n) is 3.09. The minimum absolute atomic E-state index is 0.0566. The highest BCUT2D eigenvalue weighted by Crippen LogP contribution is 2.33. The van der Waals surface area contributed by atoms with Crippen molar-refractivity contribution in [2.24, 2.45) is 0 Å². The first kappa shape index (κ1) is 19.9. The number of fused-ring (bicyclic) bond motifs is 1.